The molecule has 2 rings (SSSR count). The van der Waals surface area contributed by atoms with Crippen molar-refractivity contribution >= 4 is 23.9 Å². The van der Waals surface area contributed by atoms with Gasteiger partial charge in [0.15, 0.2) is 0 Å². The number of halogens is 1. The van der Waals surface area contributed by atoms with Crippen molar-refractivity contribution in [2.24, 2.45) is 0 Å². The number of nitrogens with zero attached hydrogens (tertiary/aromatic N) is 1. The number of hydrogen-bond donors (Lipinski definition) is 2. The number of ether oxygens (including phenoxy) is 1. The second-order valence-electron chi connectivity index (χ2n) is 4.80. The van der Waals surface area contributed by atoms with Crippen molar-refractivity contribution in [2.75, 3.05) is 12.4 Å². The second-order valence-corrected chi connectivity index (χ2v) is 4.80. The van der Waals surface area contributed by atoms with Gasteiger partial charge in [-0.15, -0.1) is 0 Å². The van der Waals surface area contributed by atoms with Crippen LogP contribution in [0, 0.1) is 12.7 Å². The first-order valence-corrected chi connectivity index (χ1v) is 7.83. The van der Waals surface area contributed by atoms with Gasteiger partial charge in [-0.1, -0.05) is 19.9 Å². The molecule has 1 amide bonds. The standard InChI is InChI=1S/C16H16FN3O3.C2H6/c1-10-3-6-14(13(17)7-10)20-15-12(16(22)23-2)5-4-11(19-15)8-18-9-21;1-2/h3-7,9H,8H2,1-2H3,(H,18,21)(H,19,20);1-2H3. The lowest BCUT2D eigenvalue weighted by molar-refractivity contribution is -0.109. The molecule has 1 aromatic carbocycles. The summed E-state index contributed by atoms with van der Waals surface area (Å²) >= 11 is 0. The van der Waals surface area contributed by atoms with Gasteiger partial charge in [0, 0.05) is 0 Å². The Morgan fingerprint density at radius 2 is 2.00 bits per heavy atom. The van der Waals surface area contributed by atoms with Crippen molar-refractivity contribution in [1.29, 1.82) is 0 Å². The summed E-state index contributed by atoms with van der Waals surface area (Å²) in [7, 11) is 1.25. The zero-order chi connectivity index (χ0) is 18.8. The van der Waals surface area contributed by atoms with Crippen LogP contribution in [-0.4, -0.2) is 24.5 Å². The SMILES string of the molecule is CC.COC(=O)c1ccc(CNC=O)nc1Nc1ccc(C)cc1F. The van der Waals surface area contributed by atoms with Gasteiger partial charge in [0.1, 0.15) is 17.2 Å². The van der Waals surface area contributed by atoms with Crippen LogP contribution in [0.4, 0.5) is 15.9 Å². The van der Waals surface area contributed by atoms with Crippen molar-refractivity contribution in [2.45, 2.75) is 27.3 Å². The van der Waals surface area contributed by atoms with Gasteiger partial charge in [-0.25, -0.2) is 14.2 Å². The fourth-order valence-electron chi connectivity index (χ4n) is 1.96. The Balaban J connectivity index is 0.00000151. The van der Waals surface area contributed by atoms with Gasteiger partial charge >= 0.3 is 5.97 Å². The monoisotopic (exact) mass is 347 g/mol. The van der Waals surface area contributed by atoms with E-state index in [0.29, 0.717) is 12.1 Å². The zero-order valence-corrected chi connectivity index (χ0v) is 14.7. The molecule has 6 nitrogen and oxygen atoms in total. The minimum atomic E-state index is -0.595. The van der Waals surface area contributed by atoms with Crippen LogP contribution >= 0.6 is 0 Å². The van der Waals surface area contributed by atoms with E-state index in [9.17, 15) is 14.0 Å². The van der Waals surface area contributed by atoms with Crippen LogP contribution in [0.1, 0.15) is 35.5 Å². The van der Waals surface area contributed by atoms with Crippen LogP contribution in [0.2, 0.25) is 0 Å². The largest absolute Gasteiger partial charge is 0.465 e. The maximum absolute atomic E-state index is 14.0. The lowest BCUT2D eigenvalue weighted by Gasteiger charge is -2.12. The fourth-order valence-corrected chi connectivity index (χ4v) is 1.96. The highest BCUT2D eigenvalue weighted by Gasteiger charge is 2.15. The third-order valence-corrected chi connectivity index (χ3v) is 3.10. The van der Waals surface area contributed by atoms with E-state index < -0.39 is 11.8 Å². The van der Waals surface area contributed by atoms with Gasteiger partial charge in [-0.2, -0.15) is 0 Å². The molecule has 2 N–H and O–H groups in total. The predicted octanol–water partition coefficient (Wildman–Crippen LogP) is 3.33. The molecule has 0 radical (unpaired) electrons. The highest BCUT2D eigenvalue weighted by Crippen LogP contribution is 2.23. The molecule has 2 aromatic rings. The molecule has 0 saturated carbocycles. The normalized spacial score (nSPS) is 9.48. The molecule has 25 heavy (non-hydrogen) atoms. The van der Waals surface area contributed by atoms with Gasteiger partial charge in [0.2, 0.25) is 6.41 Å². The summed E-state index contributed by atoms with van der Waals surface area (Å²) in [6.07, 6.45) is 0.544. The number of benzene rings is 1. The van der Waals surface area contributed by atoms with Crippen LogP contribution in [0.25, 0.3) is 0 Å². The molecule has 1 aromatic heterocycles. The summed E-state index contributed by atoms with van der Waals surface area (Å²) in [5.74, 6) is -0.897. The summed E-state index contributed by atoms with van der Waals surface area (Å²) in [6.45, 7) is 5.96. The predicted molar refractivity (Wildman–Crippen MR) is 94.2 cm³/mol. The molecule has 0 saturated heterocycles. The van der Waals surface area contributed by atoms with Gasteiger partial charge in [-0.05, 0) is 36.8 Å². The van der Waals surface area contributed by atoms with Crippen molar-refractivity contribution in [3.8, 4) is 0 Å². The summed E-state index contributed by atoms with van der Waals surface area (Å²) in [4.78, 5) is 26.4. The minimum absolute atomic E-state index is 0.157. The molecular formula is C18H22FN3O3. The molecule has 134 valence electrons. The van der Waals surface area contributed by atoms with E-state index in [2.05, 4.69) is 15.6 Å². The lowest BCUT2D eigenvalue weighted by Crippen LogP contribution is -2.14. The lowest BCUT2D eigenvalue weighted by atomic mass is 10.2. The van der Waals surface area contributed by atoms with Crippen LogP contribution in [-0.2, 0) is 16.1 Å². The summed E-state index contributed by atoms with van der Waals surface area (Å²) in [6, 6.07) is 7.76. The number of nitrogens with one attached hydrogen (secondary N) is 2. The summed E-state index contributed by atoms with van der Waals surface area (Å²) in [5.41, 5.74) is 1.65. The molecule has 0 aliphatic carbocycles. The quantitative estimate of drug-likeness (QED) is 0.619. The first-order valence-electron chi connectivity index (χ1n) is 7.83. The number of carbonyl (C=O) groups excluding carboxylic acids is 2. The first-order chi connectivity index (χ1) is 12.0. The third kappa shape index (κ3) is 5.56. The second kappa shape index (κ2) is 10.0. The summed E-state index contributed by atoms with van der Waals surface area (Å²) in [5, 5.41) is 5.27. The first kappa shape index (κ1) is 20.1. The van der Waals surface area contributed by atoms with Crippen molar-refractivity contribution < 1.29 is 18.7 Å². The number of methoxy groups -OCH3 is 1. The molecule has 0 aliphatic rings. The van der Waals surface area contributed by atoms with E-state index in [0.717, 1.165) is 5.56 Å². The van der Waals surface area contributed by atoms with Crippen LogP contribution in [0.3, 0.4) is 0 Å². The number of anilines is 2. The molecule has 0 spiro atoms. The van der Waals surface area contributed by atoms with Crippen LogP contribution in [0.5, 0.6) is 0 Å². The Labute approximate surface area is 146 Å². The smallest absolute Gasteiger partial charge is 0.341 e. The maximum atomic E-state index is 14.0. The van der Waals surface area contributed by atoms with Crippen molar-refractivity contribution in [1.82, 2.24) is 10.3 Å². The number of amides is 1. The molecule has 0 aliphatic heterocycles. The van der Waals surface area contributed by atoms with Gasteiger partial charge in [-0.3, -0.25) is 4.79 Å². The Kier molecular flexibility index (Phi) is 8.05. The summed E-state index contributed by atoms with van der Waals surface area (Å²) < 4.78 is 18.7. The van der Waals surface area contributed by atoms with E-state index in [1.165, 1.54) is 19.2 Å². The molecular weight excluding hydrogens is 325 g/mol. The third-order valence-electron chi connectivity index (χ3n) is 3.10. The molecule has 0 unspecified atom stereocenters. The van der Waals surface area contributed by atoms with Gasteiger partial charge < -0.3 is 15.4 Å². The van der Waals surface area contributed by atoms with Crippen molar-refractivity contribution in [3.05, 3.63) is 53.0 Å². The number of carbonyl (C=O) groups is 2. The minimum Gasteiger partial charge on any atom is -0.465 e. The number of hydrogen-bond acceptors (Lipinski definition) is 5. The Morgan fingerprint density at radius 3 is 2.60 bits per heavy atom. The van der Waals surface area contributed by atoms with Gasteiger partial charge in [0.25, 0.3) is 0 Å². The molecule has 0 bridgehead atoms. The highest BCUT2D eigenvalue weighted by molar-refractivity contribution is 5.95. The van der Waals surface area contributed by atoms with Crippen LogP contribution < -0.4 is 10.6 Å². The molecule has 7 heteroatoms. The van der Waals surface area contributed by atoms with E-state index in [1.807, 2.05) is 13.8 Å². The number of esters is 1. The molecule has 0 atom stereocenters. The average molecular weight is 347 g/mol. The molecule has 1 heterocycles. The van der Waals surface area contributed by atoms with E-state index in [4.69, 9.17) is 4.74 Å². The molecule has 0 fully saturated rings. The average Bonchev–Trinajstić information content (AvgIpc) is 2.63. The highest BCUT2D eigenvalue weighted by atomic mass is 19.1. The van der Waals surface area contributed by atoms with Gasteiger partial charge in [0.05, 0.1) is 25.0 Å². The number of aryl methyl sites for hydroxylation is 1. The number of aromatic nitrogens is 1. The van der Waals surface area contributed by atoms with E-state index >= 15 is 0 Å². The van der Waals surface area contributed by atoms with E-state index in [-0.39, 0.29) is 23.6 Å². The Hall–Kier alpha value is -2.96. The zero-order valence-electron chi connectivity index (χ0n) is 14.7. The number of pyridine rings is 1. The topological polar surface area (TPSA) is 80.3 Å². The number of rotatable bonds is 6. The van der Waals surface area contributed by atoms with Crippen LogP contribution in [0.15, 0.2) is 30.3 Å². The Morgan fingerprint density at radius 1 is 1.28 bits per heavy atom. The van der Waals surface area contributed by atoms with E-state index in [1.54, 1.807) is 25.1 Å². The maximum Gasteiger partial charge on any atom is 0.341 e. The Bertz CT molecular complexity index is 736. The fraction of sp³-hybridized carbons (Fsp3) is 0.278. The van der Waals surface area contributed by atoms with Crippen molar-refractivity contribution in [3.63, 3.8) is 0 Å².